The molecule has 1 saturated carbocycles. The average molecular weight is 513 g/mol. The molecular weight excluding hydrogens is 487 g/mol. The number of hydrogen-bond donors (Lipinski definition) is 3. The van der Waals surface area contributed by atoms with Gasteiger partial charge in [-0.25, -0.2) is 27.6 Å². The number of aromatic amines is 1. The summed E-state index contributed by atoms with van der Waals surface area (Å²) in [6.07, 6.45) is 3.32. The van der Waals surface area contributed by atoms with Gasteiger partial charge in [-0.15, -0.1) is 0 Å². The second kappa shape index (κ2) is 7.97. The maximum atomic E-state index is 15.2. The van der Waals surface area contributed by atoms with Crippen molar-refractivity contribution in [3.8, 4) is 6.07 Å². The molecule has 1 aliphatic heterocycles. The predicted molar refractivity (Wildman–Crippen MR) is 130 cm³/mol. The largest absolute Gasteiger partial charge is 0.465 e. The Labute approximate surface area is 206 Å². The highest BCUT2D eigenvalue weighted by Crippen LogP contribution is 2.40. The summed E-state index contributed by atoms with van der Waals surface area (Å²) in [4.78, 5) is 24.4. The van der Waals surface area contributed by atoms with Gasteiger partial charge < -0.3 is 15.0 Å². The summed E-state index contributed by atoms with van der Waals surface area (Å²) in [6, 6.07) is 3.97. The Bertz CT molecular complexity index is 1590. The van der Waals surface area contributed by atoms with E-state index in [1.807, 2.05) is 26.8 Å². The molecule has 2 aromatic heterocycles. The first-order chi connectivity index (χ1) is 16.8. The van der Waals surface area contributed by atoms with E-state index in [0.29, 0.717) is 46.9 Å². The van der Waals surface area contributed by atoms with Crippen LogP contribution in [-0.2, 0) is 10.0 Å². The normalized spacial score (nSPS) is 19.8. The van der Waals surface area contributed by atoms with Gasteiger partial charge in [0.25, 0.3) is 0 Å². The van der Waals surface area contributed by atoms with Crippen LogP contribution in [0.3, 0.4) is 0 Å². The number of H-pyrrole nitrogens is 1. The number of nitrogens with zero attached hydrogens (tertiary/aromatic N) is 4. The van der Waals surface area contributed by atoms with Crippen molar-refractivity contribution in [1.29, 1.82) is 5.26 Å². The molecule has 1 unspecified atom stereocenters. The van der Waals surface area contributed by atoms with E-state index in [0.717, 1.165) is 11.6 Å². The van der Waals surface area contributed by atoms with Gasteiger partial charge in [0.2, 0.25) is 10.0 Å². The van der Waals surface area contributed by atoms with Crippen molar-refractivity contribution in [2.24, 2.45) is 5.41 Å². The van der Waals surface area contributed by atoms with Gasteiger partial charge in [0.05, 0.1) is 17.1 Å². The highest BCUT2D eigenvalue weighted by Gasteiger charge is 2.47. The fourth-order valence-corrected chi connectivity index (χ4v) is 6.23. The molecule has 1 fully saturated rings. The lowest BCUT2D eigenvalue weighted by atomic mass is 9.79. The number of rotatable bonds is 4. The van der Waals surface area contributed by atoms with E-state index in [-0.39, 0.29) is 18.0 Å². The molecule has 0 saturated heterocycles. The molecule has 36 heavy (non-hydrogen) atoms. The minimum Gasteiger partial charge on any atom is -0.465 e. The summed E-state index contributed by atoms with van der Waals surface area (Å²) in [5, 5.41) is 19.9. The number of amides is 1. The van der Waals surface area contributed by atoms with Crippen LogP contribution in [0.5, 0.6) is 0 Å². The molecule has 3 N–H and O–H groups in total. The molecule has 0 spiro atoms. The average Bonchev–Trinajstić information content (AvgIpc) is 3.48. The van der Waals surface area contributed by atoms with E-state index in [9.17, 15) is 23.6 Å². The molecule has 1 amide bonds. The van der Waals surface area contributed by atoms with Gasteiger partial charge in [0.1, 0.15) is 28.2 Å². The Morgan fingerprint density at radius 3 is 2.67 bits per heavy atom. The number of sulfonamides is 1. The monoisotopic (exact) mass is 512 g/mol. The van der Waals surface area contributed by atoms with Crippen molar-refractivity contribution < 1.29 is 22.7 Å². The Hall–Kier alpha value is -3.56. The molecule has 2 aliphatic rings. The van der Waals surface area contributed by atoms with Crippen molar-refractivity contribution in [3.05, 3.63) is 36.0 Å². The van der Waals surface area contributed by atoms with Gasteiger partial charge in [-0.3, -0.25) is 0 Å². The zero-order chi connectivity index (χ0) is 26.0. The molecule has 3 heterocycles. The molecule has 0 bridgehead atoms. The highest BCUT2D eigenvalue weighted by atomic mass is 32.2. The number of nitrogens with one attached hydrogen (secondary N) is 2. The van der Waals surface area contributed by atoms with Crippen LogP contribution in [-0.4, -0.2) is 57.6 Å². The molecule has 0 radical (unpaired) electrons. The number of nitriles is 1. The standard InChI is InChI=1S/C24H25FN6O4S/c1-23(2,3)18-8-13(4-7-31(18)22(32)33)20-19-14-9-15(25)17(10-16(14)29-21(19)28-12-27-20)36(34,35)30-24(11-26)5-6-24/h4,9-10,12,18,30H,5-8H2,1-3H3,(H,32,33)(H,27,28,29). The van der Waals surface area contributed by atoms with Crippen LogP contribution in [0, 0.1) is 22.6 Å². The first kappa shape index (κ1) is 24.1. The third kappa shape index (κ3) is 3.98. The van der Waals surface area contributed by atoms with Gasteiger partial charge in [0, 0.05) is 23.5 Å². The summed E-state index contributed by atoms with van der Waals surface area (Å²) in [6.45, 7) is 6.10. The van der Waals surface area contributed by atoms with Crippen LogP contribution in [0.1, 0.15) is 45.7 Å². The number of benzene rings is 1. The van der Waals surface area contributed by atoms with Crippen molar-refractivity contribution in [2.45, 2.75) is 56.5 Å². The third-order valence-electron chi connectivity index (χ3n) is 6.90. The molecule has 12 heteroatoms. The molecule has 1 aliphatic carbocycles. The van der Waals surface area contributed by atoms with Crippen LogP contribution in [0.2, 0.25) is 0 Å². The molecular formula is C24H25FN6O4S. The SMILES string of the molecule is CC(C)(C)C1CC(c2ncnc3[nH]c4cc(S(=O)(=O)NC5(C#N)CC5)c(F)cc4c23)=CCN1C(=O)O. The number of aromatic nitrogens is 3. The summed E-state index contributed by atoms with van der Waals surface area (Å²) < 4.78 is 43.2. The van der Waals surface area contributed by atoms with E-state index < -0.39 is 32.4 Å². The summed E-state index contributed by atoms with van der Waals surface area (Å²) in [5.41, 5.74) is 0.590. The van der Waals surface area contributed by atoms with E-state index >= 15 is 4.39 Å². The quantitative estimate of drug-likeness (QED) is 0.481. The summed E-state index contributed by atoms with van der Waals surface area (Å²) >= 11 is 0. The molecule has 5 rings (SSSR count). The first-order valence-electron chi connectivity index (χ1n) is 11.5. The predicted octanol–water partition coefficient (Wildman–Crippen LogP) is 3.77. The second-order valence-corrected chi connectivity index (χ2v) is 12.1. The van der Waals surface area contributed by atoms with E-state index in [2.05, 4.69) is 19.7 Å². The molecule has 10 nitrogen and oxygen atoms in total. The van der Waals surface area contributed by atoms with E-state index in [1.54, 1.807) is 6.08 Å². The Morgan fingerprint density at radius 1 is 1.33 bits per heavy atom. The lowest BCUT2D eigenvalue weighted by Gasteiger charge is -2.41. The van der Waals surface area contributed by atoms with Crippen molar-refractivity contribution in [1.82, 2.24) is 24.6 Å². The first-order valence-corrected chi connectivity index (χ1v) is 12.9. The summed E-state index contributed by atoms with van der Waals surface area (Å²) in [7, 11) is -4.27. The Kier molecular flexibility index (Phi) is 5.35. The number of carbonyl (C=O) groups is 1. The van der Waals surface area contributed by atoms with Crippen LogP contribution in [0.25, 0.3) is 27.5 Å². The van der Waals surface area contributed by atoms with E-state index in [1.165, 1.54) is 17.3 Å². The van der Waals surface area contributed by atoms with Crippen LogP contribution in [0.15, 0.2) is 29.4 Å². The van der Waals surface area contributed by atoms with Gasteiger partial charge in [-0.1, -0.05) is 26.8 Å². The fraction of sp³-hybridized carbons (Fsp3) is 0.417. The third-order valence-corrected chi connectivity index (χ3v) is 8.45. The maximum absolute atomic E-state index is 15.2. The zero-order valence-electron chi connectivity index (χ0n) is 20.0. The molecule has 188 valence electrons. The van der Waals surface area contributed by atoms with Crippen molar-refractivity contribution in [3.63, 3.8) is 0 Å². The summed E-state index contributed by atoms with van der Waals surface area (Å²) in [5.74, 6) is -0.957. The molecule has 1 atom stereocenters. The van der Waals surface area contributed by atoms with Gasteiger partial charge >= 0.3 is 6.09 Å². The number of hydrogen-bond acceptors (Lipinski definition) is 6. The van der Waals surface area contributed by atoms with Gasteiger partial charge in [-0.2, -0.15) is 9.98 Å². The lowest BCUT2D eigenvalue weighted by Crippen LogP contribution is -2.48. The van der Waals surface area contributed by atoms with Gasteiger partial charge in [-0.05, 0) is 42.4 Å². The topological polar surface area (TPSA) is 152 Å². The fourth-order valence-electron chi connectivity index (χ4n) is 4.77. The minimum absolute atomic E-state index is 0.184. The minimum atomic E-state index is -4.27. The van der Waals surface area contributed by atoms with Crippen LogP contribution < -0.4 is 4.72 Å². The number of carboxylic acid groups (broad SMARTS) is 1. The number of halogens is 1. The smallest absolute Gasteiger partial charge is 0.407 e. The molecule has 1 aromatic carbocycles. The van der Waals surface area contributed by atoms with E-state index in [4.69, 9.17) is 0 Å². The number of fused-ring (bicyclic) bond motifs is 3. The lowest BCUT2D eigenvalue weighted by molar-refractivity contribution is 0.0884. The Morgan fingerprint density at radius 2 is 2.06 bits per heavy atom. The van der Waals surface area contributed by atoms with Crippen LogP contribution >= 0.6 is 0 Å². The molecule has 3 aromatic rings. The zero-order valence-corrected chi connectivity index (χ0v) is 20.8. The highest BCUT2D eigenvalue weighted by molar-refractivity contribution is 7.89. The Balaban J connectivity index is 1.62. The van der Waals surface area contributed by atoms with Crippen LogP contribution in [0.4, 0.5) is 9.18 Å². The maximum Gasteiger partial charge on any atom is 0.407 e. The van der Waals surface area contributed by atoms with Crippen molar-refractivity contribution >= 4 is 43.6 Å². The second-order valence-electron chi connectivity index (χ2n) is 10.4. The van der Waals surface area contributed by atoms with Gasteiger partial charge in [0.15, 0.2) is 0 Å². The van der Waals surface area contributed by atoms with Crippen molar-refractivity contribution in [2.75, 3.05) is 6.54 Å².